The van der Waals surface area contributed by atoms with Crippen molar-refractivity contribution in [2.45, 2.75) is 53.0 Å². The van der Waals surface area contributed by atoms with E-state index in [0.29, 0.717) is 6.04 Å². The summed E-state index contributed by atoms with van der Waals surface area (Å²) in [6, 6.07) is 7.17. The van der Waals surface area contributed by atoms with Gasteiger partial charge < -0.3 is 5.32 Å². The largest absolute Gasteiger partial charge is 0.310 e. The zero-order chi connectivity index (χ0) is 12.0. The van der Waals surface area contributed by atoms with Crippen molar-refractivity contribution in [2.24, 2.45) is 0 Å². The molecule has 1 heteroatoms. The molecule has 0 aliphatic rings. The quantitative estimate of drug-likeness (QED) is 0.758. The van der Waals surface area contributed by atoms with Crippen molar-refractivity contribution >= 4 is 0 Å². The molecular weight excluding hydrogens is 194 g/mol. The highest BCUT2D eigenvalue weighted by Gasteiger charge is 2.12. The van der Waals surface area contributed by atoms with E-state index in [2.05, 4.69) is 51.2 Å². The number of benzene rings is 1. The van der Waals surface area contributed by atoms with Crippen molar-refractivity contribution in [3.8, 4) is 0 Å². The molecule has 0 aliphatic heterocycles. The van der Waals surface area contributed by atoms with E-state index >= 15 is 0 Å². The van der Waals surface area contributed by atoms with Crippen LogP contribution in [0.25, 0.3) is 0 Å². The Bertz CT molecular complexity index is 317. The summed E-state index contributed by atoms with van der Waals surface area (Å²) in [6.07, 6.45) is 3.66. The highest BCUT2D eigenvalue weighted by Crippen LogP contribution is 2.24. The lowest BCUT2D eigenvalue weighted by atomic mass is 9.95. The lowest BCUT2D eigenvalue weighted by Gasteiger charge is -2.21. The van der Waals surface area contributed by atoms with E-state index in [1.165, 1.54) is 36.0 Å². The minimum atomic E-state index is 0.532. The van der Waals surface area contributed by atoms with E-state index in [-0.39, 0.29) is 0 Å². The molecule has 0 amide bonds. The van der Waals surface area contributed by atoms with E-state index in [4.69, 9.17) is 0 Å². The van der Waals surface area contributed by atoms with E-state index in [1.54, 1.807) is 0 Å². The second kappa shape index (κ2) is 6.70. The Labute approximate surface area is 100 Å². The zero-order valence-electron chi connectivity index (χ0n) is 11.1. The molecule has 1 N–H and O–H groups in total. The van der Waals surface area contributed by atoms with Gasteiger partial charge in [0, 0.05) is 6.04 Å². The highest BCUT2D eigenvalue weighted by molar-refractivity contribution is 5.35. The van der Waals surface area contributed by atoms with Crippen molar-refractivity contribution in [2.75, 3.05) is 6.54 Å². The first-order valence-electron chi connectivity index (χ1n) is 6.50. The van der Waals surface area contributed by atoms with Crippen molar-refractivity contribution in [1.82, 2.24) is 5.32 Å². The highest BCUT2D eigenvalue weighted by atomic mass is 14.9. The summed E-state index contributed by atoms with van der Waals surface area (Å²) in [4.78, 5) is 0. The standard InChI is InChI=1S/C15H25N/c1-5-8-15(16-11-6-2)14-10-7-9-12(3)13(14)4/h7,9-10,15-16H,5-6,8,11H2,1-4H3. The summed E-state index contributed by atoms with van der Waals surface area (Å²) in [5, 5.41) is 3.65. The van der Waals surface area contributed by atoms with Gasteiger partial charge in [-0.05, 0) is 49.9 Å². The number of hydrogen-bond acceptors (Lipinski definition) is 1. The molecule has 0 saturated carbocycles. The predicted octanol–water partition coefficient (Wildman–Crippen LogP) is 4.14. The van der Waals surface area contributed by atoms with Crippen LogP contribution in [0.5, 0.6) is 0 Å². The Kier molecular flexibility index (Phi) is 5.54. The first kappa shape index (κ1) is 13.2. The molecular formula is C15H25N. The number of nitrogens with one attached hydrogen (secondary N) is 1. The molecule has 0 radical (unpaired) electrons. The third-order valence-corrected chi connectivity index (χ3v) is 3.24. The van der Waals surface area contributed by atoms with Gasteiger partial charge in [0.05, 0.1) is 0 Å². The van der Waals surface area contributed by atoms with Crippen LogP contribution in [0.15, 0.2) is 18.2 Å². The molecule has 1 rings (SSSR count). The van der Waals surface area contributed by atoms with Crippen molar-refractivity contribution in [1.29, 1.82) is 0 Å². The second-order valence-electron chi connectivity index (χ2n) is 4.58. The minimum Gasteiger partial charge on any atom is -0.310 e. The average molecular weight is 219 g/mol. The molecule has 0 heterocycles. The molecule has 0 aromatic heterocycles. The van der Waals surface area contributed by atoms with Gasteiger partial charge in [0.2, 0.25) is 0 Å². The third kappa shape index (κ3) is 3.34. The summed E-state index contributed by atoms with van der Waals surface area (Å²) >= 11 is 0. The first-order chi connectivity index (χ1) is 7.70. The van der Waals surface area contributed by atoms with Crippen molar-refractivity contribution in [3.63, 3.8) is 0 Å². The van der Waals surface area contributed by atoms with Crippen LogP contribution in [-0.2, 0) is 0 Å². The lowest BCUT2D eigenvalue weighted by molar-refractivity contribution is 0.492. The van der Waals surface area contributed by atoms with Gasteiger partial charge in [-0.3, -0.25) is 0 Å². The molecule has 1 nitrogen and oxygen atoms in total. The number of aryl methyl sites for hydroxylation is 1. The molecule has 0 aliphatic carbocycles. The molecule has 1 unspecified atom stereocenters. The Balaban J connectivity index is 2.86. The fraction of sp³-hybridized carbons (Fsp3) is 0.600. The smallest absolute Gasteiger partial charge is 0.0322 e. The van der Waals surface area contributed by atoms with Gasteiger partial charge in [0.15, 0.2) is 0 Å². The maximum atomic E-state index is 3.65. The zero-order valence-corrected chi connectivity index (χ0v) is 11.1. The van der Waals surface area contributed by atoms with Gasteiger partial charge in [0.1, 0.15) is 0 Å². The molecule has 1 atom stereocenters. The number of rotatable bonds is 6. The van der Waals surface area contributed by atoms with Gasteiger partial charge in [-0.15, -0.1) is 0 Å². The van der Waals surface area contributed by atoms with E-state index < -0.39 is 0 Å². The monoisotopic (exact) mass is 219 g/mol. The van der Waals surface area contributed by atoms with Crippen LogP contribution in [0.1, 0.15) is 55.8 Å². The van der Waals surface area contributed by atoms with Crippen LogP contribution >= 0.6 is 0 Å². The van der Waals surface area contributed by atoms with Gasteiger partial charge in [0.25, 0.3) is 0 Å². The normalized spacial score (nSPS) is 12.8. The van der Waals surface area contributed by atoms with Crippen LogP contribution in [0.3, 0.4) is 0 Å². The fourth-order valence-corrected chi connectivity index (χ4v) is 2.13. The molecule has 90 valence electrons. The molecule has 16 heavy (non-hydrogen) atoms. The predicted molar refractivity (Wildman–Crippen MR) is 71.9 cm³/mol. The van der Waals surface area contributed by atoms with Gasteiger partial charge in [-0.1, -0.05) is 38.5 Å². The maximum Gasteiger partial charge on any atom is 0.0322 e. The van der Waals surface area contributed by atoms with Gasteiger partial charge in [-0.25, -0.2) is 0 Å². The van der Waals surface area contributed by atoms with Crippen molar-refractivity contribution in [3.05, 3.63) is 34.9 Å². The number of hydrogen-bond donors (Lipinski definition) is 1. The molecule has 0 spiro atoms. The Morgan fingerprint density at radius 3 is 2.50 bits per heavy atom. The molecule has 0 saturated heterocycles. The van der Waals surface area contributed by atoms with Crippen LogP contribution in [0.2, 0.25) is 0 Å². The lowest BCUT2D eigenvalue weighted by Crippen LogP contribution is -2.22. The van der Waals surface area contributed by atoms with E-state index in [9.17, 15) is 0 Å². The topological polar surface area (TPSA) is 12.0 Å². The summed E-state index contributed by atoms with van der Waals surface area (Å²) in [6.45, 7) is 10.0. The van der Waals surface area contributed by atoms with Crippen LogP contribution in [0, 0.1) is 13.8 Å². The average Bonchev–Trinajstić information content (AvgIpc) is 2.28. The second-order valence-corrected chi connectivity index (χ2v) is 4.58. The third-order valence-electron chi connectivity index (χ3n) is 3.24. The maximum absolute atomic E-state index is 3.65. The van der Waals surface area contributed by atoms with Crippen LogP contribution in [-0.4, -0.2) is 6.54 Å². The summed E-state index contributed by atoms with van der Waals surface area (Å²) in [5.74, 6) is 0. The van der Waals surface area contributed by atoms with Gasteiger partial charge >= 0.3 is 0 Å². The summed E-state index contributed by atoms with van der Waals surface area (Å²) < 4.78 is 0. The fourth-order valence-electron chi connectivity index (χ4n) is 2.13. The SMILES string of the molecule is CCCNC(CCC)c1cccc(C)c1C. The molecule has 0 bridgehead atoms. The van der Waals surface area contributed by atoms with E-state index in [1.807, 2.05) is 0 Å². The van der Waals surface area contributed by atoms with E-state index in [0.717, 1.165) is 6.54 Å². The van der Waals surface area contributed by atoms with Crippen LogP contribution < -0.4 is 5.32 Å². The van der Waals surface area contributed by atoms with Crippen LogP contribution in [0.4, 0.5) is 0 Å². The molecule has 1 aromatic carbocycles. The Morgan fingerprint density at radius 1 is 1.12 bits per heavy atom. The van der Waals surface area contributed by atoms with Crippen molar-refractivity contribution < 1.29 is 0 Å². The minimum absolute atomic E-state index is 0.532. The molecule has 1 aromatic rings. The summed E-state index contributed by atoms with van der Waals surface area (Å²) in [7, 11) is 0. The Morgan fingerprint density at radius 2 is 1.88 bits per heavy atom. The summed E-state index contributed by atoms with van der Waals surface area (Å²) in [5.41, 5.74) is 4.33. The Hall–Kier alpha value is -0.820. The molecule has 0 fully saturated rings. The van der Waals surface area contributed by atoms with Gasteiger partial charge in [-0.2, -0.15) is 0 Å². The first-order valence-corrected chi connectivity index (χ1v) is 6.50.